The van der Waals surface area contributed by atoms with Crippen LogP contribution in [0, 0.1) is 6.92 Å². The number of pyridine rings is 1. The van der Waals surface area contributed by atoms with Crippen molar-refractivity contribution in [3.63, 3.8) is 0 Å². The fourth-order valence-corrected chi connectivity index (χ4v) is 2.16. The molecule has 0 aliphatic carbocycles. The van der Waals surface area contributed by atoms with Gasteiger partial charge >= 0.3 is 0 Å². The number of hydrogen-bond donors (Lipinski definition) is 1. The number of nitrogens with two attached hydrogens (primary N) is 1. The number of rotatable bonds is 4. The van der Waals surface area contributed by atoms with Crippen molar-refractivity contribution in [2.75, 3.05) is 18.5 Å². The summed E-state index contributed by atoms with van der Waals surface area (Å²) < 4.78 is 0. The molecule has 0 aliphatic rings. The molecule has 2 N–H and O–H groups in total. The second-order valence-corrected chi connectivity index (χ2v) is 4.81. The highest BCUT2D eigenvalue weighted by Crippen LogP contribution is 2.23. The van der Waals surface area contributed by atoms with Gasteiger partial charge in [-0.25, -0.2) is 4.98 Å². The van der Waals surface area contributed by atoms with E-state index in [-0.39, 0.29) is 6.04 Å². The van der Waals surface area contributed by atoms with Gasteiger partial charge in [0.1, 0.15) is 5.82 Å². The van der Waals surface area contributed by atoms with Crippen LogP contribution in [0.3, 0.4) is 0 Å². The van der Waals surface area contributed by atoms with E-state index in [4.69, 9.17) is 5.73 Å². The van der Waals surface area contributed by atoms with Gasteiger partial charge in [-0.1, -0.05) is 30.3 Å². The molecule has 0 saturated heterocycles. The average Bonchev–Trinajstić information content (AvgIpc) is 2.46. The largest absolute Gasteiger partial charge is 0.360 e. The number of benzene rings is 1. The van der Waals surface area contributed by atoms with Crippen LogP contribution in [0.15, 0.2) is 42.6 Å². The first kappa shape index (κ1) is 13.6. The number of aromatic nitrogens is 1. The molecule has 1 atom stereocenters. The second-order valence-electron chi connectivity index (χ2n) is 4.81. The Balaban J connectivity index is 2.30. The molecule has 0 aliphatic heterocycles. The molecular formula is C16H21N3. The van der Waals surface area contributed by atoms with Crippen LogP contribution in [0.1, 0.15) is 29.7 Å². The van der Waals surface area contributed by atoms with Crippen molar-refractivity contribution >= 4 is 5.82 Å². The summed E-state index contributed by atoms with van der Waals surface area (Å²) in [5.74, 6) is 1.02. The van der Waals surface area contributed by atoms with Crippen molar-refractivity contribution in [3.8, 4) is 0 Å². The van der Waals surface area contributed by atoms with Crippen molar-refractivity contribution < 1.29 is 0 Å². The van der Waals surface area contributed by atoms with Gasteiger partial charge in [0.05, 0.1) is 6.04 Å². The van der Waals surface area contributed by atoms with E-state index in [0.717, 1.165) is 29.1 Å². The van der Waals surface area contributed by atoms with Crippen molar-refractivity contribution in [3.05, 3.63) is 59.3 Å². The van der Waals surface area contributed by atoms with Crippen molar-refractivity contribution in [2.24, 2.45) is 5.73 Å². The Morgan fingerprint density at radius 1 is 1.21 bits per heavy atom. The standard InChI is InChI=1S/C16H21N3/c1-4-19(3)16-12(2)10-14(11-18-16)15(17)13-8-6-5-7-9-13/h5-11,15H,4,17H2,1-3H3. The van der Waals surface area contributed by atoms with Crippen LogP contribution in [-0.4, -0.2) is 18.6 Å². The molecule has 100 valence electrons. The summed E-state index contributed by atoms with van der Waals surface area (Å²) in [5.41, 5.74) is 9.61. The van der Waals surface area contributed by atoms with E-state index in [2.05, 4.69) is 29.8 Å². The lowest BCUT2D eigenvalue weighted by Gasteiger charge is -2.20. The first-order chi connectivity index (χ1) is 9.13. The lowest BCUT2D eigenvalue weighted by Crippen LogP contribution is -2.19. The van der Waals surface area contributed by atoms with Crippen LogP contribution in [-0.2, 0) is 0 Å². The molecule has 0 spiro atoms. The molecular weight excluding hydrogens is 234 g/mol. The van der Waals surface area contributed by atoms with Gasteiger partial charge in [0.15, 0.2) is 0 Å². The van der Waals surface area contributed by atoms with Gasteiger partial charge < -0.3 is 10.6 Å². The average molecular weight is 255 g/mol. The second kappa shape index (κ2) is 5.85. The highest BCUT2D eigenvalue weighted by atomic mass is 15.2. The van der Waals surface area contributed by atoms with Gasteiger partial charge in [0.25, 0.3) is 0 Å². The number of nitrogens with zero attached hydrogens (tertiary/aromatic N) is 2. The fraction of sp³-hybridized carbons (Fsp3) is 0.312. The molecule has 3 nitrogen and oxygen atoms in total. The maximum atomic E-state index is 6.29. The Morgan fingerprint density at radius 3 is 2.47 bits per heavy atom. The third-order valence-corrected chi connectivity index (χ3v) is 3.43. The maximum Gasteiger partial charge on any atom is 0.131 e. The highest BCUT2D eigenvalue weighted by Gasteiger charge is 2.12. The molecule has 2 aromatic rings. The third-order valence-electron chi connectivity index (χ3n) is 3.43. The predicted molar refractivity (Wildman–Crippen MR) is 80.4 cm³/mol. The van der Waals surface area contributed by atoms with Crippen molar-refractivity contribution in [2.45, 2.75) is 19.9 Å². The van der Waals surface area contributed by atoms with E-state index < -0.39 is 0 Å². The summed E-state index contributed by atoms with van der Waals surface area (Å²) >= 11 is 0. The fourth-order valence-electron chi connectivity index (χ4n) is 2.16. The normalized spacial score (nSPS) is 12.2. The van der Waals surface area contributed by atoms with Crippen LogP contribution < -0.4 is 10.6 Å². The molecule has 0 bridgehead atoms. The van der Waals surface area contributed by atoms with Gasteiger partial charge in [0.2, 0.25) is 0 Å². The van der Waals surface area contributed by atoms with E-state index in [1.807, 2.05) is 43.6 Å². The Bertz CT molecular complexity index is 537. The smallest absolute Gasteiger partial charge is 0.131 e. The molecule has 0 fully saturated rings. The zero-order valence-electron chi connectivity index (χ0n) is 11.8. The summed E-state index contributed by atoms with van der Waals surface area (Å²) in [6.07, 6.45) is 1.88. The molecule has 1 aromatic carbocycles. The molecule has 19 heavy (non-hydrogen) atoms. The monoisotopic (exact) mass is 255 g/mol. The van der Waals surface area contributed by atoms with Crippen molar-refractivity contribution in [1.29, 1.82) is 0 Å². The van der Waals surface area contributed by atoms with Crippen LogP contribution in [0.2, 0.25) is 0 Å². The topological polar surface area (TPSA) is 42.2 Å². The van der Waals surface area contributed by atoms with E-state index in [1.165, 1.54) is 0 Å². The first-order valence-corrected chi connectivity index (χ1v) is 6.61. The Labute approximate surface area is 115 Å². The first-order valence-electron chi connectivity index (χ1n) is 6.61. The molecule has 1 unspecified atom stereocenters. The minimum Gasteiger partial charge on any atom is -0.360 e. The molecule has 0 amide bonds. The van der Waals surface area contributed by atoms with E-state index in [1.54, 1.807) is 0 Å². The summed E-state index contributed by atoms with van der Waals surface area (Å²) in [5, 5.41) is 0. The summed E-state index contributed by atoms with van der Waals surface area (Å²) in [6.45, 7) is 5.14. The van der Waals surface area contributed by atoms with Gasteiger partial charge in [-0.2, -0.15) is 0 Å². The number of aryl methyl sites for hydroxylation is 1. The van der Waals surface area contributed by atoms with Gasteiger partial charge in [0, 0.05) is 19.8 Å². The predicted octanol–water partition coefficient (Wildman–Crippen LogP) is 2.89. The lowest BCUT2D eigenvalue weighted by atomic mass is 10.00. The Kier molecular flexibility index (Phi) is 4.17. The van der Waals surface area contributed by atoms with E-state index in [9.17, 15) is 0 Å². The Morgan fingerprint density at radius 2 is 1.89 bits per heavy atom. The van der Waals surface area contributed by atoms with Crippen LogP contribution in [0.5, 0.6) is 0 Å². The van der Waals surface area contributed by atoms with E-state index in [0.29, 0.717) is 0 Å². The van der Waals surface area contributed by atoms with Gasteiger partial charge in [-0.3, -0.25) is 0 Å². The molecule has 0 saturated carbocycles. The number of anilines is 1. The van der Waals surface area contributed by atoms with Crippen molar-refractivity contribution in [1.82, 2.24) is 4.98 Å². The van der Waals surface area contributed by atoms with Crippen LogP contribution in [0.4, 0.5) is 5.82 Å². The van der Waals surface area contributed by atoms with Gasteiger partial charge in [-0.05, 0) is 36.6 Å². The van der Waals surface area contributed by atoms with E-state index >= 15 is 0 Å². The zero-order chi connectivity index (χ0) is 13.8. The number of hydrogen-bond acceptors (Lipinski definition) is 3. The molecule has 1 aromatic heterocycles. The zero-order valence-corrected chi connectivity index (χ0v) is 11.8. The van der Waals surface area contributed by atoms with Gasteiger partial charge in [-0.15, -0.1) is 0 Å². The van der Waals surface area contributed by atoms with Crippen LogP contribution in [0.25, 0.3) is 0 Å². The summed E-state index contributed by atoms with van der Waals surface area (Å²) in [7, 11) is 2.05. The minimum absolute atomic E-state index is 0.117. The van der Waals surface area contributed by atoms with Crippen LogP contribution >= 0.6 is 0 Å². The molecule has 2 rings (SSSR count). The maximum absolute atomic E-state index is 6.29. The molecule has 0 radical (unpaired) electrons. The molecule has 3 heteroatoms. The SMILES string of the molecule is CCN(C)c1ncc(C(N)c2ccccc2)cc1C. The Hall–Kier alpha value is -1.87. The third kappa shape index (κ3) is 2.93. The minimum atomic E-state index is -0.117. The highest BCUT2D eigenvalue weighted by molar-refractivity contribution is 5.47. The summed E-state index contributed by atoms with van der Waals surface area (Å²) in [4.78, 5) is 6.67. The quantitative estimate of drug-likeness (QED) is 0.913. The molecule has 1 heterocycles. The summed E-state index contributed by atoms with van der Waals surface area (Å²) in [6, 6.07) is 12.1. The lowest BCUT2D eigenvalue weighted by molar-refractivity contribution is 0.852.